The van der Waals surface area contributed by atoms with Crippen molar-refractivity contribution >= 4 is 5.91 Å². The van der Waals surface area contributed by atoms with E-state index in [0.29, 0.717) is 24.5 Å². The van der Waals surface area contributed by atoms with Gasteiger partial charge in [0.25, 0.3) is 5.91 Å². The van der Waals surface area contributed by atoms with Gasteiger partial charge in [-0.15, -0.1) is 0 Å². The van der Waals surface area contributed by atoms with Gasteiger partial charge in [-0.1, -0.05) is 31.2 Å². The maximum absolute atomic E-state index is 12.5. The third-order valence-corrected chi connectivity index (χ3v) is 3.95. The summed E-state index contributed by atoms with van der Waals surface area (Å²) in [5, 5.41) is 2.95. The Hall–Kier alpha value is -2.69. The summed E-state index contributed by atoms with van der Waals surface area (Å²) in [5.41, 5.74) is 1.07. The summed E-state index contributed by atoms with van der Waals surface area (Å²) in [4.78, 5) is 12.5. The van der Waals surface area contributed by atoms with Crippen LogP contribution >= 0.6 is 0 Å². The maximum atomic E-state index is 12.5. The van der Waals surface area contributed by atoms with Gasteiger partial charge < -0.3 is 19.5 Å². The monoisotopic (exact) mass is 357 g/mol. The van der Waals surface area contributed by atoms with Gasteiger partial charge in [0.05, 0.1) is 13.2 Å². The topological polar surface area (TPSA) is 56.8 Å². The van der Waals surface area contributed by atoms with E-state index in [4.69, 9.17) is 14.2 Å². The Balaban J connectivity index is 1.88. The van der Waals surface area contributed by atoms with E-state index in [0.717, 1.165) is 11.3 Å². The quantitative estimate of drug-likeness (QED) is 0.743. The summed E-state index contributed by atoms with van der Waals surface area (Å²) in [6.07, 6.45) is -0.00275. The van der Waals surface area contributed by atoms with E-state index in [-0.39, 0.29) is 11.9 Å². The highest BCUT2D eigenvalue weighted by Crippen LogP contribution is 2.21. The van der Waals surface area contributed by atoms with Crippen LogP contribution in [0.4, 0.5) is 0 Å². The largest absolute Gasteiger partial charge is 0.497 e. The fraction of sp³-hybridized carbons (Fsp3) is 0.381. The van der Waals surface area contributed by atoms with Crippen LogP contribution in [0.5, 0.6) is 17.2 Å². The number of benzene rings is 2. The molecule has 0 radical (unpaired) electrons. The van der Waals surface area contributed by atoms with Crippen LogP contribution in [-0.2, 0) is 4.79 Å². The van der Waals surface area contributed by atoms with Crippen molar-refractivity contribution in [1.82, 2.24) is 5.32 Å². The molecule has 0 saturated carbocycles. The zero-order chi connectivity index (χ0) is 18.9. The molecule has 0 heterocycles. The fourth-order valence-corrected chi connectivity index (χ4v) is 2.47. The Bertz CT molecular complexity index is 717. The second kappa shape index (κ2) is 9.70. The van der Waals surface area contributed by atoms with E-state index in [9.17, 15) is 4.79 Å². The van der Waals surface area contributed by atoms with Crippen molar-refractivity contribution in [1.29, 1.82) is 0 Å². The number of carbonyl (C=O) groups is 1. The number of carbonyl (C=O) groups excluding carboxylic acids is 1. The third-order valence-electron chi connectivity index (χ3n) is 3.95. The normalized spacial score (nSPS) is 12.8. The molecule has 5 heteroatoms. The van der Waals surface area contributed by atoms with E-state index in [1.165, 1.54) is 0 Å². The van der Waals surface area contributed by atoms with Gasteiger partial charge in [-0.05, 0) is 44.0 Å². The molecule has 2 aromatic rings. The molecule has 0 aliphatic rings. The number of para-hydroxylation sites is 1. The SMILES string of the molecule is CC[C@H](Oc1cccc(OC)c1)C(=O)N[C@H](C)COc1ccccc1C. The predicted octanol–water partition coefficient (Wildman–Crippen LogP) is 3.74. The highest BCUT2D eigenvalue weighted by Gasteiger charge is 2.20. The summed E-state index contributed by atoms with van der Waals surface area (Å²) in [5.74, 6) is 1.97. The third kappa shape index (κ3) is 5.69. The first-order chi connectivity index (χ1) is 12.5. The molecule has 0 aliphatic heterocycles. The highest BCUT2D eigenvalue weighted by atomic mass is 16.5. The smallest absolute Gasteiger partial charge is 0.261 e. The van der Waals surface area contributed by atoms with Gasteiger partial charge in [-0.2, -0.15) is 0 Å². The van der Waals surface area contributed by atoms with Gasteiger partial charge in [0.15, 0.2) is 6.10 Å². The Labute approximate surface area is 155 Å². The molecule has 5 nitrogen and oxygen atoms in total. The molecule has 0 saturated heterocycles. The van der Waals surface area contributed by atoms with Crippen LogP contribution in [0.3, 0.4) is 0 Å². The summed E-state index contributed by atoms with van der Waals surface area (Å²) in [6.45, 7) is 6.22. The molecule has 0 fully saturated rings. The van der Waals surface area contributed by atoms with Crippen LogP contribution in [0.25, 0.3) is 0 Å². The molecule has 0 spiro atoms. The number of rotatable bonds is 9. The maximum Gasteiger partial charge on any atom is 0.261 e. The molecule has 2 atom stereocenters. The first kappa shape index (κ1) is 19.6. The minimum absolute atomic E-state index is 0.134. The lowest BCUT2D eigenvalue weighted by Crippen LogP contribution is -2.44. The minimum atomic E-state index is -0.567. The Morgan fingerprint density at radius 1 is 1.12 bits per heavy atom. The number of amides is 1. The first-order valence-corrected chi connectivity index (χ1v) is 8.83. The van der Waals surface area contributed by atoms with Crippen LogP contribution in [0.1, 0.15) is 25.8 Å². The lowest BCUT2D eigenvalue weighted by molar-refractivity contribution is -0.128. The van der Waals surface area contributed by atoms with Gasteiger partial charge in [-0.3, -0.25) is 4.79 Å². The van der Waals surface area contributed by atoms with Gasteiger partial charge in [0.2, 0.25) is 0 Å². The van der Waals surface area contributed by atoms with Crippen LogP contribution in [0, 0.1) is 6.92 Å². The standard InChI is InChI=1S/C21H27NO4/c1-5-19(26-18-11-8-10-17(13-18)24-4)21(23)22-16(3)14-25-20-12-7-6-9-15(20)2/h6-13,16,19H,5,14H2,1-4H3,(H,22,23)/t16-,19+/m1/s1. The number of methoxy groups -OCH3 is 1. The van der Waals surface area contributed by atoms with Crippen molar-refractivity contribution < 1.29 is 19.0 Å². The van der Waals surface area contributed by atoms with Crippen LogP contribution in [0.15, 0.2) is 48.5 Å². The highest BCUT2D eigenvalue weighted by molar-refractivity contribution is 5.81. The molecule has 1 amide bonds. The molecule has 140 valence electrons. The van der Waals surface area contributed by atoms with Crippen LogP contribution < -0.4 is 19.5 Å². The van der Waals surface area contributed by atoms with Crippen molar-refractivity contribution in [3.63, 3.8) is 0 Å². The Kier molecular flexibility index (Phi) is 7.33. The Morgan fingerprint density at radius 3 is 2.54 bits per heavy atom. The number of nitrogens with one attached hydrogen (secondary N) is 1. The molecule has 0 aromatic heterocycles. The molecule has 1 N–H and O–H groups in total. The lowest BCUT2D eigenvalue weighted by atomic mass is 10.2. The molecule has 0 aliphatic carbocycles. The van der Waals surface area contributed by atoms with Crippen molar-refractivity contribution in [2.24, 2.45) is 0 Å². The average molecular weight is 357 g/mol. The van der Waals surface area contributed by atoms with Gasteiger partial charge in [0.1, 0.15) is 23.9 Å². The van der Waals surface area contributed by atoms with Crippen LogP contribution in [-0.4, -0.2) is 31.8 Å². The summed E-state index contributed by atoms with van der Waals surface area (Å²) in [7, 11) is 1.60. The summed E-state index contributed by atoms with van der Waals surface area (Å²) < 4.78 is 16.8. The van der Waals surface area contributed by atoms with E-state index < -0.39 is 6.10 Å². The minimum Gasteiger partial charge on any atom is -0.497 e. The van der Waals surface area contributed by atoms with Crippen LogP contribution in [0.2, 0.25) is 0 Å². The second-order valence-corrected chi connectivity index (χ2v) is 6.18. The van der Waals surface area contributed by atoms with Gasteiger partial charge in [0, 0.05) is 6.07 Å². The predicted molar refractivity (Wildman–Crippen MR) is 102 cm³/mol. The fourth-order valence-electron chi connectivity index (χ4n) is 2.47. The van der Waals surface area contributed by atoms with Gasteiger partial charge in [-0.25, -0.2) is 0 Å². The molecule has 0 bridgehead atoms. The van der Waals surface area contributed by atoms with Crippen molar-refractivity contribution in [2.75, 3.05) is 13.7 Å². The molecule has 2 aromatic carbocycles. The van der Waals surface area contributed by atoms with Gasteiger partial charge >= 0.3 is 0 Å². The molecule has 2 rings (SSSR count). The average Bonchev–Trinajstić information content (AvgIpc) is 2.65. The number of hydrogen-bond donors (Lipinski definition) is 1. The molecule has 26 heavy (non-hydrogen) atoms. The summed E-state index contributed by atoms with van der Waals surface area (Å²) in [6, 6.07) is 14.9. The number of aryl methyl sites for hydroxylation is 1. The molecule has 0 unspecified atom stereocenters. The van der Waals surface area contributed by atoms with E-state index in [1.54, 1.807) is 13.2 Å². The zero-order valence-corrected chi connectivity index (χ0v) is 15.8. The first-order valence-electron chi connectivity index (χ1n) is 8.83. The zero-order valence-electron chi connectivity index (χ0n) is 15.8. The lowest BCUT2D eigenvalue weighted by Gasteiger charge is -2.21. The summed E-state index contributed by atoms with van der Waals surface area (Å²) >= 11 is 0. The van der Waals surface area contributed by atoms with Crippen molar-refractivity contribution in [3.05, 3.63) is 54.1 Å². The molecular weight excluding hydrogens is 330 g/mol. The van der Waals surface area contributed by atoms with E-state index in [1.807, 2.05) is 63.2 Å². The van der Waals surface area contributed by atoms with Crippen molar-refractivity contribution in [3.8, 4) is 17.2 Å². The second-order valence-electron chi connectivity index (χ2n) is 6.18. The van der Waals surface area contributed by atoms with E-state index >= 15 is 0 Å². The molecular formula is C21H27NO4. The number of hydrogen-bond acceptors (Lipinski definition) is 4. The van der Waals surface area contributed by atoms with Crippen molar-refractivity contribution in [2.45, 2.75) is 39.3 Å². The Morgan fingerprint density at radius 2 is 1.85 bits per heavy atom. The number of ether oxygens (including phenoxy) is 3. The van der Waals surface area contributed by atoms with E-state index in [2.05, 4.69) is 5.32 Å².